The van der Waals surface area contributed by atoms with E-state index in [0.717, 1.165) is 12.1 Å². The van der Waals surface area contributed by atoms with Gasteiger partial charge in [0.1, 0.15) is 0 Å². The van der Waals surface area contributed by atoms with Crippen molar-refractivity contribution >= 4 is 23.2 Å². The minimum Gasteiger partial charge on any atom is -0.324 e. The molecule has 0 aliphatic rings. The fourth-order valence-electron chi connectivity index (χ4n) is 1.44. The van der Waals surface area contributed by atoms with Gasteiger partial charge in [-0.05, 0) is 31.2 Å². The van der Waals surface area contributed by atoms with Gasteiger partial charge in [0.25, 0.3) is 0 Å². The van der Waals surface area contributed by atoms with Crippen LogP contribution in [0.1, 0.15) is 19.4 Å². The number of aryl methyl sites for hydroxylation is 1. The van der Waals surface area contributed by atoms with Gasteiger partial charge in [0, 0.05) is 12.5 Å². The SMILES string of the molecule is CCNCC(C)C(=O)Nc1cc(C)ccc1Cl. The summed E-state index contributed by atoms with van der Waals surface area (Å²) in [7, 11) is 0. The van der Waals surface area contributed by atoms with Crippen LogP contribution in [0.5, 0.6) is 0 Å². The van der Waals surface area contributed by atoms with E-state index in [0.29, 0.717) is 17.3 Å². The molecule has 0 aliphatic heterocycles. The summed E-state index contributed by atoms with van der Waals surface area (Å²) in [6, 6.07) is 5.59. The number of carbonyl (C=O) groups is 1. The van der Waals surface area contributed by atoms with Crippen LogP contribution < -0.4 is 10.6 Å². The van der Waals surface area contributed by atoms with E-state index in [1.54, 1.807) is 6.07 Å². The van der Waals surface area contributed by atoms with Crippen molar-refractivity contribution in [3.8, 4) is 0 Å². The van der Waals surface area contributed by atoms with E-state index in [2.05, 4.69) is 10.6 Å². The Morgan fingerprint density at radius 1 is 1.47 bits per heavy atom. The van der Waals surface area contributed by atoms with Gasteiger partial charge in [-0.25, -0.2) is 0 Å². The summed E-state index contributed by atoms with van der Waals surface area (Å²) in [5.74, 6) is -0.0926. The van der Waals surface area contributed by atoms with Crippen molar-refractivity contribution in [2.24, 2.45) is 5.92 Å². The first kappa shape index (κ1) is 14.0. The Morgan fingerprint density at radius 2 is 2.18 bits per heavy atom. The van der Waals surface area contributed by atoms with Crippen LogP contribution in [0.15, 0.2) is 18.2 Å². The molecule has 0 radical (unpaired) electrons. The molecule has 94 valence electrons. The van der Waals surface area contributed by atoms with Gasteiger partial charge < -0.3 is 10.6 Å². The Hall–Kier alpha value is -1.06. The lowest BCUT2D eigenvalue weighted by Gasteiger charge is -2.13. The lowest BCUT2D eigenvalue weighted by Crippen LogP contribution is -2.30. The largest absolute Gasteiger partial charge is 0.324 e. The molecule has 1 aromatic carbocycles. The van der Waals surface area contributed by atoms with Crippen LogP contribution in [-0.4, -0.2) is 19.0 Å². The standard InChI is InChI=1S/C13H19ClN2O/c1-4-15-8-10(3)13(17)16-12-7-9(2)5-6-11(12)14/h5-7,10,15H,4,8H2,1-3H3,(H,16,17). The molecule has 1 amide bonds. The lowest BCUT2D eigenvalue weighted by atomic mass is 10.1. The first-order chi connectivity index (χ1) is 8.04. The van der Waals surface area contributed by atoms with E-state index in [-0.39, 0.29) is 11.8 Å². The molecule has 17 heavy (non-hydrogen) atoms. The van der Waals surface area contributed by atoms with E-state index < -0.39 is 0 Å². The third-order valence-corrected chi connectivity index (χ3v) is 2.86. The van der Waals surface area contributed by atoms with Crippen molar-refractivity contribution in [2.45, 2.75) is 20.8 Å². The molecule has 1 atom stereocenters. The van der Waals surface area contributed by atoms with Gasteiger partial charge in [0.15, 0.2) is 0 Å². The molecule has 0 heterocycles. The topological polar surface area (TPSA) is 41.1 Å². The molecule has 1 aromatic rings. The van der Waals surface area contributed by atoms with Crippen molar-refractivity contribution in [2.75, 3.05) is 18.4 Å². The smallest absolute Gasteiger partial charge is 0.228 e. The van der Waals surface area contributed by atoms with Gasteiger partial charge in [0.05, 0.1) is 10.7 Å². The normalized spacial score (nSPS) is 12.2. The molecular formula is C13H19ClN2O. The summed E-state index contributed by atoms with van der Waals surface area (Å²) in [6.07, 6.45) is 0. The van der Waals surface area contributed by atoms with Crippen molar-refractivity contribution in [1.82, 2.24) is 5.32 Å². The van der Waals surface area contributed by atoms with E-state index in [4.69, 9.17) is 11.6 Å². The second kappa shape index (κ2) is 6.62. The first-order valence-electron chi connectivity index (χ1n) is 5.82. The highest BCUT2D eigenvalue weighted by Gasteiger charge is 2.13. The molecule has 4 heteroatoms. The number of carbonyl (C=O) groups excluding carboxylic acids is 1. The molecule has 1 unspecified atom stereocenters. The van der Waals surface area contributed by atoms with Gasteiger partial charge in [-0.3, -0.25) is 4.79 Å². The van der Waals surface area contributed by atoms with Crippen molar-refractivity contribution in [1.29, 1.82) is 0 Å². The fourth-order valence-corrected chi connectivity index (χ4v) is 1.61. The second-order valence-electron chi connectivity index (χ2n) is 4.18. The predicted molar refractivity (Wildman–Crippen MR) is 72.5 cm³/mol. The highest BCUT2D eigenvalue weighted by atomic mass is 35.5. The molecule has 0 saturated heterocycles. The van der Waals surface area contributed by atoms with E-state index in [1.165, 1.54) is 0 Å². The number of anilines is 1. The van der Waals surface area contributed by atoms with Crippen molar-refractivity contribution in [3.63, 3.8) is 0 Å². The van der Waals surface area contributed by atoms with Crippen LogP contribution >= 0.6 is 11.6 Å². The molecule has 0 aromatic heterocycles. The molecule has 0 fully saturated rings. The van der Waals surface area contributed by atoms with Crippen LogP contribution in [0.25, 0.3) is 0 Å². The number of halogens is 1. The lowest BCUT2D eigenvalue weighted by molar-refractivity contribution is -0.119. The Morgan fingerprint density at radius 3 is 2.82 bits per heavy atom. The zero-order valence-corrected chi connectivity index (χ0v) is 11.3. The summed E-state index contributed by atoms with van der Waals surface area (Å²) < 4.78 is 0. The molecule has 0 aliphatic carbocycles. The van der Waals surface area contributed by atoms with Gasteiger partial charge in [-0.1, -0.05) is 31.5 Å². The highest BCUT2D eigenvalue weighted by Crippen LogP contribution is 2.23. The molecule has 0 bridgehead atoms. The number of hydrogen-bond donors (Lipinski definition) is 2. The minimum atomic E-state index is -0.0773. The van der Waals surface area contributed by atoms with Crippen LogP contribution in [-0.2, 0) is 4.79 Å². The Labute approximate surface area is 108 Å². The number of hydrogen-bond acceptors (Lipinski definition) is 2. The Kier molecular flexibility index (Phi) is 5.45. The first-order valence-corrected chi connectivity index (χ1v) is 6.20. The third kappa shape index (κ3) is 4.36. The van der Waals surface area contributed by atoms with E-state index in [1.807, 2.05) is 32.9 Å². The second-order valence-corrected chi connectivity index (χ2v) is 4.59. The number of benzene rings is 1. The average Bonchev–Trinajstić information content (AvgIpc) is 2.30. The van der Waals surface area contributed by atoms with Gasteiger partial charge in [0.2, 0.25) is 5.91 Å². The van der Waals surface area contributed by atoms with Crippen molar-refractivity contribution < 1.29 is 4.79 Å². The van der Waals surface area contributed by atoms with Crippen molar-refractivity contribution in [3.05, 3.63) is 28.8 Å². The maximum Gasteiger partial charge on any atom is 0.228 e. The summed E-state index contributed by atoms with van der Waals surface area (Å²) >= 11 is 6.02. The molecule has 1 rings (SSSR count). The Bertz CT molecular complexity index is 393. The predicted octanol–water partition coefficient (Wildman–Crippen LogP) is 2.83. The van der Waals surface area contributed by atoms with E-state index >= 15 is 0 Å². The van der Waals surface area contributed by atoms with Gasteiger partial charge in [-0.2, -0.15) is 0 Å². The maximum atomic E-state index is 11.9. The Balaban J connectivity index is 2.64. The summed E-state index contributed by atoms with van der Waals surface area (Å²) in [4.78, 5) is 11.9. The number of nitrogens with one attached hydrogen (secondary N) is 2. The monoisotopic (exact) mass is 254 g/mol. The van der Waals surface area contributed by atoms with Gasteiger partial charge in [-0.15, -0.1) is 0 Å². The zero-order valence-electron chi connectivity index (χ0n) is 10.5. The highest BCUT2D eigenvalue weighted by molar-refractivity contribution is 6.33. The fraction of sp³-hybridized carbons (Fsp3) is 0.462. The van der Waals surface area contributed by atoms with E-state index in [9.17, 15) is 4.79 Å². The van der Waals surface area contributed by atoms with Crippen LogP contribution in [0, 0.1) is 12.8 Å². The van der Waals surface area contributed by atoms with Gasteiger partial charge >= 0.3 is 0 Å². The minimum absolute atomic E-state index is 0.0153. The van der Waals surface area contributed by atoms with Crippen LogP contribution in [0.3, 0.4) is 0 Å². The summed E-state index contributed by atoms with van der Waals surface area (Å²) in [5.41, 5.74) is 1.75. The quantitative estimate of drug-likeness (QED) is 0.848. The summed E-state index contributed by atoms with van der Waals surface area (Å²) in [5, 5.41) is 6.56. The molecule has 0 saturated carbocycles. The average molecular weight is 255 g/mol. The molecule has 2 N–H and O–H groups in total. The molecule has 3 nitrogen and oxygen atoms in total. The maximum absolute atomic E-state index is 11.9. The third-order valence-electron chi connectivity index (χ3n) is 2.53. The van der Waals surface area contributed by atoms with Crippen LogP contribution in [0.4, 0.5) is 5.69 Å². The molecule has 0 spiro atoms. The number of amides is 1. The zero-order chi connectivity index (χ0) is 12.8. The number of rotatable bonds is 5. The molecular weight excluding hydrogens is 236 g/mol. The van der Waals surface area contributed by atoms with Crippen LogP contribution in [0.2, 0.25) is 5.02 Å². The summed E-state index contributed by atoms with van der Waals surface area (Å²) in [6.45, 7) is 7.41.